The molecule has 3 heterocycles. The third kappa shape index (κ3) is 6.59. The van der Waals surface area contributed by atoms with E-state index in [1.807, 2.05) is 49.4 Å². The fourth-order valence-electron chi connectivity index (χ4n) is 5.55. The van der Waals surface area contributed by atoms with E-state index in [4.69, 9.17) is 4.42 Å². The molecule has 0 aliphatic carbocycles. The molecule has 1 fully saturated rings. The van der Waals surface area contributed by atoms with Gasteiger partial charge in [-0.15, -0.1) is 0 Å². The number of hydrogen-bond acceptors (Lipinski definition) is 4. The summed E-state index contributed by atoms with van der Waals surface area (Å²) in [5.74, 6) is -2.57. The van der Waals surface area contributed by atoms with Crippen LogP contribution in [0.2, 0.25) is 0 Å². The Morgan fingerprint density at radius 2 is 1.59 bits per heavy atom. The van der Waals surface area contributed by atoms with Crippen LogP contribution in [0.15, 0.2) is 89.5 Å². The molecule has 0 atom stereocenters. The van der Waals surface area contributed by atoms with E-state index >= 15 is 0 Å². The average molecular weight is 597 g/mol. The number of amides is 1. The molecule has 1 saturated heterocycles. The molecule has 2 aromatic heterocycles. The second-order valence-corrected chi connectivity index (χ2v) is 11.4. The minimum Gasteiger partial charge on any atom is -0.460 e. The smallest absolute Gasteiger partial charge is 0.253 e. The van der Waals surface area contributed by atoms with Crippen LogP contribution in [0.3, 0.4) is 0 Å². The van der Waals surface area contributed by atoms with Gasteiger partial charge in [0.05, 0.1) is 0 Å². The molecule has 0 spiro atoms. The van der Waals surface area contributed by atoms with Gasteiger partial charge in [-0.25, -0.2) is 13.2 Å². The van der Waals surface area contributed by atoms with E-state index < -0.39 is 5.92 Å². The molecule has 8 heteroatoms. The first-order chi connectivity index (χ1) is 21.1. The number of carbonyl (C=O) groups excluding carboxylic acids is 2. The summed E-state index contributed by atoms with van der Waals surface area (Å²) in [6.07, 6.45) is 2.13. The Balaban J connectivity index is 1.25. The predicted octanol–water partition coefficient (Wildman–Crippen LogP) is 8.23. The number of fused-ring (bicyclic) bond motifs is 1. The number of ketones is 1. The molecule has 0 radical (unpaired) electrons. The number of Topliss-reactive ketones (excluding diaryl/α,β-unsaturated/α-hetero) is 1. The van der Waals surface area contributed by atoms with E-state index in [2.05, 4.69) is 4.98 Å². The number of rotatable bonds is 8. The monoisotopic (exact) mass is 596 g/mol. The van der Waals surface area contributed by atoms with Crippen LogP contribution in [-0.4, -0.2) is 40.6 Å². The van der Waals surface area contributed by atoms with Gasteiger partial charge in [-0.1, -0.05) is 30.3 Å². The zero-order valence-corrected chi connectivity index (χ0v) is 24.3. The number of hydrogen-bond donors (Lipinski definition) is 0. The van der Waals surface area contributed by atoms with Gasteiger partial charge in [-0.2, -0.15) is 0 Å². The van der Waals surface area contributed by atoms with Crippen LogP contribution < -0.4 is 0 Å². The number of nitrogens with zero attached hydrogens (tertiary/aromatic N) is 2. The molecule has 0 bridgehead atoms. The maximum atomic E-state index is 13.8. The van der Waals surface area contributed by atoms with E-state index in [-0.39, 0.29) is 43.4 Å². The number of pyridine rings is 1. The Labute approximate surface area is 253 Å². The Morgan fingerprint density at radius 3 is 2.27 bits per heavy atom. The fourth-order valence-corrected chi connectivity index (χ4v) is 5.55. The lowest BCUT2D eigenvalue weighted by atomic mass is 9.96. The Kier molecular flexibility index (Phi) is 8.08. The van der Waals surface area contributed by atoms with Crippen molar-refractivity contribution in [2.45, 2.75) is 45.0 Å². The highest BCUT2D eigenvalue weighted by atomic mass is 19.3. The van der Waals surface area contributed by atoms with Gasteiger partial charge in [0.15, 0.2) is 0 Å². The van der Waals surface area contributed by atoms with E-state index in [1.165, 1.54) is 17.0 Å². The minimum absolute atomic E-state index is 0.0306. The number of benzene rings is 3. The van der Waals surface area contributed by atoms with Crippen LogP contribution in [0, 0.1) is 12.7 Å². The quantitative estimate of drug-likeness (QED) is 0.181. The molecule has 1 aliphatic heterocycles. The summed E-state index contributed by atoms with van der Waals surface area (Å²) < 4.78 is 47.1. The first-order valence-corrected chi connectivity index (χ1v) is 14.7. The van der Waals surface area contributed by atoms with Gasteiger partial charge < -0.3 is 9.32 Å². The highest BCUT2D eigenvalue weighted by Gasteiger charge is 2.35. The van der Waals surface area contributed by atoms with Crippen molar-refractivity contribution in [3.05, 3.63) is 113 Å². The zero-order valence-electron chi connectivity index (χ0n) is 24.3. The van der Waals surface area contributed by atoms with Crippen LogP contribution in [0.25, 0.3) is 33.2 Å². The standard InChI is InChI=1S/C36H31F3N2O3/c1-23-2-3-24(22-40-23)18-31(42)12-13-32-20-29-19-28(21-33(34(29)44-32)26-8-10-30(37)11-9-26)25-4-6-27(7-5-25)35(43)41-16-14-36(38,39)15-17-41/h2-11,19-22H,12-18H2,1H3. The molecule has 0 unspecified atom stereocenters. The van der Waals surface area contributed by atoms with Crippen LogP contribution in [0.4, 0.5) is 13.2 Å². The molecule has 224 valence electrons. The summed E-state index contributed by atoms with van der Waals surface area (Å²) in [6.45, 7) is 1.96. The summed E-state index contributed by atoms with van der Waals surface area (Å²) in [4.78, 5) is 31.4. The van der Waals surface area contributed by atoms with Crippen molar-refractivity contribution in [3.8, 4) is 22.3 Å². The van der Waals surface area contributed by atoms with Crippen LogP contribution >= 0.6 is 0 Å². The Bertz CT molecular complexity index is 1800. The number of furan rings is 1. The number of piperidine rings is 1. The van der Waals surface area contributed by atoms with E-state index in [0.717, 1.165) is 38.9 Å². The largest absolute Gasteiger partial charge is 0.460 e. The average Bonchev–Trinajstić information content (AvgIpc) is 3.44. The third-order valence-electron chi connectivity index (χ3n) is 8.09. The van der Waals surface area contributed by atoms with Crippen LogP contribution in [0.5, 0.6) is 0 Å². The lowest BCUT2D eigenvalue weighted by Crippen LogP contribution is -2.42. The number of aromatic nitrogens is 1. The fraction of sp³-hybridized carbons (Fsp3) is 0.250. The first-order valence-electron chi connectivity index (χ1n) is 14.7. The molecule has 5 aromatic rings. The van der Waals surface area contributed by atoms with E-state index in [1.54, 1.807) is 30.5 Å². The van der Waals surface area contributed by atoms with Crippen molar-refractivity contribution < 1.29 is 27.2 Å². The highest BCUT2D eigenvalue weighted by Crippen LogP contribution is 2.37. The van der Waals surface area contributed by atoms with Crippen LogP contribution in [-0.2, 0) is 17.6 Å². The number of aryl methyl sites for hydroxylation is 2. The SMILES string of the molecule is Cc1ccc(CC(=O)CCc2cc3cc(-c4ccc(C(=O)N5CCC(F)(F)CC5)cc4)cc(-c4ccc(F)cc4)c3o2)cn1. The molecule has 1 amide bonds. The molecule has 5 nitrogen and oxygen atoms in total. The molecule has 0 N–H and O–H groups in total. The van der Waals surface area contributed by atoms with Crippen molar-refractivity contribution in [2.24, 2.45) is 0 Å². The maximum Gasteiger partial charge on any atom is 0.253 e. The van der Waals surface area contributed by atoms with Gasteiger partial charge in [0, 0.05) is 73.6 Å². The second-order valence-electron chi connectivity index (χ2n) is 11.4. The van der Waals surface area contributed by atoms with Gasteiger partial charge in [-0.3, -0.25) is 14.6 Å². The van der Waals surface area contributed by atoms with E-state index in [9.17, 15) is 22.8 Å². The van der Waals surface area contributed by atoms with Gasteiger partial charge >= 0.3 is 0 Å². The normalized spacial score (nSPS) is 14.6. The predicted molar refractivity (Wildman–Crippen MR) is 163 cm³/mol. The third-order valence-corrected chi connectivity index (χ3v) is 8.09. The molecule has 1 aliphatic rings. The van der Waals surface area contributed by atoms with Gasteiger partial charge in [0.1, 0.15) is 22.9 Å². The molecule has 44 heavy (non-hydrogen) atoms. The Morgan fingerprint density at radius 1 is 0.886 bits per heavy atom. The summed E-state index contributed by atoms with van der Waals surface area (Å²) in [5.41, 5.74) is 6.11. The topological polar surface area (TPSA) is 63.4 Å². The van der Waals surface area contributed by atoms with Crippen LogP contribution in [0.1, 0.15) is 46.6 Å². The van der Waals surface area contributed by atoms with Gasteiger partial charge in [0.25, 0.3) is 11.8 Å². The summed E-state index contributed by atoms with van der Waals surface area (Å²) in [7, 11) is 0. The number of halogens is 3. The number of carbonyl (C=O) groups is 2. The van der Waals surface area contributed by atoms with Gasteiger partial charge in [0.2, 0.25) is 0 Å². The minimum atomic E-state index is -2.72. The zero-order chi connectivity index (χ0) is 30.8. The summed E-state index contributed by atoms with van der Waals surface area (Å²) >= 11 is 0. The molecule has 0 saturated carbocycles. The van der Waals surface area contributed by atoms with Crippen molar-refractivity contribution in [2.75, 3.05) is 13.1 Å². The lowest BCUT2D eigenvalue weighted by Gasteiger charge is -2.31. The number of alkyl halides is 2. The van der Waals surface area contributed by atoms with Crippen molar-refractivity contribution in [1.29, 1.82) is 0 Å². The Hall–Kier alpha value is -4.72. The summed E-state index contributed by atoms with van der Waals surface area (Å²) in [5, 5.41) is 0.835. The molecule has 3 aromatic carbocycles. The first kappa shape index (κ1) is 29.4. The maximum absolute atomic E-state index is 13.8. The van der Waals surface area contributed by atoms with Crippen molar-refractivity contribution in [3.63, 3.8) is 0 Å². The van der Waals surface area contributed by atoms with Crippen molar-refractivity contribution >= 4 is 22.7 Å². The summed E-state index contributed by atoms with van der Waals surface area (Å²) in [6, 6.07) is 22.9. The van der Waals surface area contributed by atoms with Crippen molar-refractivity contribution in [1.82, 2.24) is 9.88 Å². The van der Waals surface area contributed by atoms with E-state index in [0.29, 0.717) is 36.2 Å². The highest BCUT2D eigenvalue weighted by molar-refractivity contribution is 5.98. The number of likely N-dealkylation sites (tertiary alicyclic amines) is 1. The van der Waals surface area contributed by atoms with Gasteiger partial charge in [-0.05, 0) is 77.7 Å². The lowest BCUT2D eigenvalue weighted by molar-refractivity contribution is -0.118. The molecule has 6 rings (SSSR count). The molecular formula is C36H31F3N2O3. The molecular weight excluding hydrogens is 565 g/mol. The second kappa shape index (κ2) is 12.1.